The molecule has 0 atom stereocenters. The predicted molar refractivity (Wildman–Crippen MR) is 78.2 cm³/mol. The molecule has 0 saturated heterocycles. The van der Waals surface area contributed by atoms with E-state index >= 15 is 0 Å². The number of aromatic nitrogens is 1. The monoisotopic (exact) mass is 338 g/mol. The van der Waals surface area contributed by atoms with Gasteiger partial charge in [-0.3, -0.25) is 0 Å². The summed E-state index contributed by atoms with van der Waals surface area (Å²) in [6, 6.07) is 8.19. The summed E-state index contributed by atoms with van der Waals surface area (Å²) in [6.07, 6.45) is 0. The van der Waals surface area contributed by atoms with E-state index in [0.29, 0.717) is 27.2 Å². The van der Waals surface area contributed by atoms with Crippen LogP contribution in [0.1, 0.15) is 0 Å². The maximum absolute atomic E-state index is 13.4. The van der Waals surface area contributed by atoms with Crippen LogP contribution >= 0.6 is 27.3 Å². The van der Waals surface area contributed by atoms with Crippen molar-refractivity contribution in [3.63, 3.8) is 0 Å². The number of nitrogens with zero attached hydrogens (tertiary/aromatic N) is 1. The molecular formula is C13H8BrFN2OS. The highest BCUT2D eigenvalue weighted by atomic mass is 79.9. The van der Waals surface area contributed by atoms with Gasteiger partial charge in [-0.25, -0.2) is 9.37 Å². The molecule has 96 valence electrons. The van der Waals surface area contributed by atoms with Gasteiger partial charge in [0.2, 0.25) is 0 Å². The predicted octanol–water partition coefficient (Wildman–Crippen LogP) is 4.57. The number of fused-ring (bicyclic) bond motifs is 1. The number of thiazole rings is 1. The molecule has 2 N–H and O–H groups in total. The molecule has 0 aliphatic heterocycles. The SMILES string of the molecule is Nc1c(Oc2ccc(Br)c(F)c2)ccc2scnc12. The molecule has 0 radical (unpaired) electrons. The fourth-order valence-electron chi connectivity index (χ4n) is 1.69. The average molecular weight is 339 g/mol. The highest BCUT2D eigenvalue weighted by molar-refractivity contribution is 9.10. The highest BCUT2D eigenvalue weighted by Crippen LogP contribution is 2.35. The van der Waals surface area contributed by atoms with E-state index in [-0.39, 0.29) is 5.82 Å². The Labute approximate surface area is 121 Å². The van der Waals surface area contributed by atoms with Crippen LogP contribution in [0.15, 0.2) is 40.3 Å². The summed E-state index contributed by atoms with van der Waals surface area (Å²) in [5.74, 6) is 0.480. The van der Waals surface area contributed by atoms with Crippen LogP contribution in [0.25, 0.3) is 10.2 Å². The summed E-state index contributed by atoms with van der Waals surface area (Å²) in [4.78, 5) is 4.18. The zero-order valence-corrected chi connectivity index (χ0v) is 12.0. The molecule has 3 nitrogen and oxygen atoms in total. The lowest BCUT2D eigenvalue weighted by atomic mass is 10.2. The Morgan fingerprint density at radius 2 is 2.11 bits per heavy atom. The summed E-state index contributed by atoms with van der Waals surface area (Å²) in [6.45, 7) is 0. The Balaban J connectivity index is 2.00. The second-order valence-corrected chi connectivity index (χ2v) is 5.60. The van der Waals surface area contributed by atoms with Gasteiger partial charge in [-0.05, 0) is 40.2 Å². The van der Waals surface area contributed by atoms with Crippen LogP contribution in [-0.4, -0.2) is 4.98 Å². The van der Waals surface area contributed by atoms with Crippen LogP contribution in [0.5, 0.6) is 11.5 Å². The lowest BCUT2D eigenvalue weighted by molar-refractivity contribution is 0.479. The number of halogens is 2. The van der Waals surface area contributed by atoms with Crippen LogP contribution in [0.3, 0.4) is 0 Å². The highest BCUT2D eigenvalue weighted by Gasteiger charge is 2.10. The van der Waals surface area contributed by atoms with Crippen molar-refractivity contribution < 1.29 is 9.13 Å². The maximum atomic E-state index is 13.4. The lowest BCUT2D eigenvalue weighted by Crippen LogP contribution is -1.93. The molecule has 1 aromatic heterocycles. The smallest absolute Gasteiger partial charge is 0.152 e. The quantitative estimate of drug-likeness (QED) is 0.696. The topological polar surface area (TPSA) is 48.1 Å². The number of ether oxygens (including phenoxy) is 1. The van der Waals surface area contributed by atoms with Gasteiger partial charge in [-0.15, -0.1) is 11.3 Å². The first-order valence-corrected chi connectivity index (χ1v) is 7.07. The van der Waals surface area contributed by atoms with Crippen molar-refractivity contribution >= 4 is 43.2 Å². The first kappa shape index (κ1) is 12.4. The van der Waals surface area contributed by atoms with E-state index < -0.39 is 0 Å². The van der Waals surface area contributed by atoms with E-state index in [4.69, 9.17) is 10.5 Å². The van der Waals surface area contributed by atoms with Crippen LogP contribution in [0, 0.1) is 5.82 Å². The Morgan fingerprint density at radius 1 is 1.26 bits per heavy atom. The molecule has 0 aliphatic carbocycles. The fourth-order valence-corrected chi connectivity index (χ4v) is 2.63. The van der Waals surface area contributed by atoms with Gasteiger partial charge in [0.1, 0.15) is 22.8 Å². The maximum Gasteiger partial charge on any atom is 0.152 e. The third-order valence-electron chi connectivity index (χ3n) is 2.62. The molecule has 1 heterocycles. The van der Waals surface area contributed by atoms with E-state index in [9.17, 15) is 4.39 Å². The zero-order valence-electron chi connectivity index (χ0n) is 9.56. The van der Waals surface area contributed by atoms with Gasteiger partial charge in [0.15, 0.2) is 5.75 Å². The van der Waals surface area contributed by atoms with Gasteiger partial charge in [0.25, 0.3) is 0 Å². The largest absolute Gasteiger partial charge is 0.455 e. The Hall–Kier alpha value is -1.66. The molecule has 2 aromatic carbocycles. The van der Waals surface area contributed by atoms with Gasteiger partial charge in [-0.1, -0.05) is 0 Å². The minimum atomic E-state index is -0.384. The van der Waals surface area contributed by atoms with Crippen molar-refractivity contribution in [2.75, 3.05) is 5.73 Å². The van der Waals surface area contributed by atoms with Crippen LogP contribution < -0.4 is 10.5 Å². The third-order valence-corrected chi connectivity index (χ3v) is 4.06. The standard InChI is InChI=1S/C13H8BrFN2OS/c14-8-2-1-7(5-9(8)15)18-10-3-4-11-13(12(10)16)17-6-19-11/h1-6H,16H2. The van der Waals surface area contributed by atoms with Gasteiger partial charge < -0.3 is 10.5 Å². The Bertz CT molecular complexity index is 759. The lowest BCUT2D eigenvalue weighted by Gasteiger charge is -2.09. The molecule has 0 fully saturated rings. The number of benzene rings is 2. The Morgan fingerprint density at radius 3 is 2.89 bits per heavy atom. The van der Waals surface area contributed by atoms with Crippen LogP contribution in [0.4, 0.5) is 10.1 Å². The second kappa shape index (κ2) is 4.79. The first-order chi connectivity index (χ1) is 9.15. The van der Waals surface area contributed by atoms with Crippen LogP contribution in [-0.2, 0) is 0 Å². The molecular weight excluding hydrogens is 331 g/mol. The molecule has 0 bridgehead atoms. The molecule has 0 saturated carbocycles. The number of nitrogens with two attached hydrogens (primary N) is 1. The van der Waals surface area contributed by atoms with Crippen molar-refractivity contribution in [2.45, 2.75) is 0 Å². The number of nitrogen functional groups attached to an aromatic ring is 1. The normalized spacial score (nSPS) is 10.8. The molecule has 0 unspecified atom stereocenters. The van der Waals surface area contributed by atoms with Gasteiger partial charge in [0.05, 0.1) is 14.7 Å². The van der Waals surface area contributed by atoms with Gasteiger partial charge in [-0.2, -0.15) is 0 Å². The number of anilines is 1. The van der Waals surface area contributed by atoms with Gasteiger partial charge >= 0.3 is 0 Å². The van der Waals surface area contributed by atoms with Crippen molar-refractivity contribution in [1.29, 1.82) is 0 Å². The summed E-state index contributed by atoms with van der Waals surface area (Å²) in [5, 5.41) is 0. The zero-order chi connectivity index (χ0) is 13.4. The van der Waals surface area contributed by atoms with E-state index in [0.717, 1.165) is 4.70 Å². The van der Waals surface area contributed by atoms with Crippen molar-refractivity contribution in [3.8, 4) is 11.5 Å². The van der Waals surface area contributed by atoms with E-state index in [2.05, 4.69) is 20.9 Å². The molecule has 0 aliphatic rings. The molecule has 0 spiro atoms. The summed E-state index contributed by atoms with van der Waals surface area (Å²) in [5.41, 5.74) is 8.89. The van der Waals surface area contributed by atoms with E-state index in [1.807, 2.05) is 6.07 Å². The van der Waals surface area contributed by atoms with Crippen molar-refractivity contribution in [3.05, 3.63) is 46.1 Å². The van der Waals surface area contributed by atoms with Crippen LogP contribution in [0.2, 0.25) is 0 Å². The molecule has 6 heteroatoms. The minimum absolute atomic E-state index is 0.384. The molecule has 3 aromatic rings. The number of rotatable bonds is 2. The summed E-state index contributed by atoms with van der Waals surface area (Å²) >= 11 is 4.60. The first-order valence-electron chi connectivity index (χ1n) is 5.40. The Kier molecular flexibility index (Phi) is 3.12. The number of hydrogen-bond acceptors (Lipinski definition) is 4. The van der Waals surface area contributed by atoms with Crippen molar-refractivity contribution in [2.24, 2.45) is 0 Å². The van der Waals surface area contributed by atoms with E-state index in [1.165, 1.54) is 17.4 Å². The minimum Gasteiger partial charge on any atom is -0.455 e. The second-order valence-electron chi connectivity index (χ2n) is 3.85. The molecule has 0 amide bonds. The summed E-state index contributed by atoms with van der Waals surface area (Å²) in [7, 11) is 0. The summed E-state index contributed by atoms with van der Waals surface area (Å²) < 4.78 is 20.4. The average Bonchev–Trinajstić information content (AvgIpc) is 2.86. The number of hydrogen-bond donors (Lipinski definition) is 1. The van der Waals surface area contributed by atoms with E-state index in [1.54, 1.807) is 23.7 Å². The molecule has 19 heavy (non-hydrogen) atoms. The van der Waals surface area contributed by atoms with Gasteiger partial charge in [0, 0.05) is 6.07 Å². The third kappa shape index (κ3) is 2.29. The van der Waals surface area contributed by atoms with Crippen molar-refractivity contribution in [1.82, 2.24) is 4.98 Å². The fraction of sp³-hybridized carbons (Fsp3) is 0. The molecule has 3 rings (SSSR count).